The average molecular weight is 708 g/mol. The van der Waals surface area contributed by atoms with Gasteiger partial charge in [0.2, 0.25) is 0 Å². The number of rotatable bonds is 2. The Hall–Kier alpha value is -2.43. The number of ether oxygens (including phenoxy) is 2. The van der Waals surface area contributed by atoms with Gasteiger partial charge in [-0.25, -0.2) is 29.3 Å². The number of imidazole rings is 2. The zero-order chi connectivity index (χ0) is 31.8. The number of aliphatic hydroxyl groups is 1. The summed E-state index contributed by atoms with van der Waals surface area (Å²) in [4.78, 5) is 54.8. The summed E-state index contributed by atoms with van der Waals surface area (Å²) in [5.74, 6) is -0.367. The first-order valence-electron chi connectivity index (χ1n) is 13.1. The highest BCUT2D eigenvalue weighted by molar-refractivity contribution is 8.07. The van der Waals surface area contributed by atoms with Crippen LogP contribution in [0, 0.1) is 0 Å². The van der Waals surface area contributed by atoms with E-state index < -0.39 is 81.6 Å². The molecule has 0 aromatic carbocycles. The fourth-order valence-corrected chi connectivity index (χ4v) is 8.25. The standard InChI is InChI=1S/C21H24FN9O10P2S2/c22-11-15-9(39-20(11)31-5-27-12-7(32)1-10(23)29-19(12)31)3-37-43(35,45)41-16-14(33)8(2-36-42(34,44)40-15)38-21(16)30-6-28-13-17(24)25-4-26-18(13)30/h4-6,8-9,11,14-16,20-21,33H,1-3H2,(H2,23,29)(H,34,44)(H,35,45)(H2,24,25,26)/t8-,9-,11-,14-,15-,16-,20-,21-,42?,43?/m1/s1. The van der Waals surface area contributed by atoms with Crippen molar-refractivity contribution < 1.29 is 51.6 Å². The number of hydrogen-bond acceptors (Lipinski definition) is 17. The topological polar surface area (TPSA) is 259 Å². The van der Waals surface area contributed by atoms with Gasteiger partial charge in [0.15, 0.2) is 47.4 Å². The van der Waals surface area contributed by atoms with Crippen LogP contribution in [-0.4, -0.2) is 105 Å². The van der Waals surface area contributed by atoms with Crippen LogP contribution in [0.1, 0.15) is 29.4 Å². The van der Waals surface area contributed by atoms with Gasteiger partial charge in [-0.1, -0.05) is 0 Å². The molecule has 2 bridgehead atoms. The Morgan fingerprint density at radius 2 is 1.60 bits per heavy atom. The molecule has 2 unspecified atom stereocenters. The summed E-state index contributed by atoms with van der Waals surface area (Å²) < 4.78 is 52.8. The van der Waals surface area contributed by atoms with Gasteiger partial charge < -0.3 is 44.9 Å². The van der Waals surface area contributed by atoms with Crippen molar-refractivity contribution >= 4 is 71.5 Å². The number of aromatic nitrogens is 6. The number of halogens is 1. The van der Waals surface area contributed by atoms with E-state index in [4.69, 9.17) is 62.6 Å². The van der Waals surface area contributed by atoms with Crippen LogP contribution in [0.15, 0.2) is 24.0 Å². The fourth-order valence-electron chi connectivity index (χ4n) is 5.40. The maximum atomic E-state index is 16.1. The van der Waals surface area contributed by atoms with E-state index in [1.165, 1.54) is 17.2 Å². The Morgan fingerprint density at radius 1 is 0.933 bits per heavy atom. The molecule has 3 aromatic heterocycles. The van der Waals surface area contributed by atoms with E-state index in [1.807, 2.05) is 0 Å². The number of ketones is 1. The molecule has 19 nitrogen and oxygen atoms in total. The van der Waals surface area contributed by atoms with Crippen LogP contribution in [-0.2, 0) is 51.2 Å². The summed E-state index contributed by atoms with van der Waals surface area (Å²) >= 11 is 10.4. The van der Waals surface area contributed by atoms with Gasteiger partial charge in [0.05, 0.1) is 32.3 Å². The third-order valence-corrected chi connectivity index (χ3v) is 10.6. The maximum absolute atomic E-state index is 16.1. The Bertz CT molecular complexity index is 1810. The number of nitrogens with zero attached hydrogens (tertiary/aromatic N) is 7. The number of anilines is 1. The van der Waals surface area contributed by atoms with E-state index in [0.29, 0.717) is 0 Å². The minimum Gasteiger partial charge on any atom is -0.387 e. The Morgan fingerprint density at radius 3 is 2.36 bits per heavy atom. The predicted octanol–water partition coefficient (Wildman–Crippen LogP) is -0.375. The summed E-state index contributed by atoms with van der Waals surface area (Å²) in [5, 5.41) is 11.1. The average Bonchev–Trinajstić information content (AvgIpc) is 3.72. The number of aliphatic hydroxyl groups excluding tert-OH is 1. The van der Waals surface area contributed by atoms with Crippen LogP contribution >= 0.6 is 13.4 Å². The molecule has 24 heteroatoms. The molecule has 10 atom stereocenters. The SMILES string of the molecule is NC1=Nc2c(ncn2[C@@H]2O[C@@H]3COP(O)(=S)O[C@@H]4[C@H](O)[C@@H](COP(O)(=S)O[C@H]3[C@H]2F)O[C@H]4n2cnc3c(N)ncnc32)C(=O)C1. The normalized spacial score (nSPS) is 39.0. The largest absolute Gasteiger partial charge is 0.387 e. The lowest BCUT2D eigenvalue weighted by molar-refractivity contribution is -0.0604. The molecule has 7 rings (SSSR count). The summed E-state index contributed by atoms with van der Waals surface area (Å²) in [6, 6.07) is 0. The van der Waals surface area contributed by atoms with Crippen molar-refractivity contribution in [2.45, 2.75) is 55.6 Å². The predicted molar refractivity (Wildman–Crippen MR) is 156 cm³/mol. The van der Waals surface area contributed by atoms with Crippen molar-refractivity contribution in [3.63, 3.8) is 0 Å². The fraction of sp³-hybridized carbons (Fsp3) is 0.524. The number of carbonyl (C=O) groups excluding carboxylic acids is 1. The second kappa shape index (κ2) is 11.4. The van der Waals surface area contributed by atoms with Gasteiger partial charge in [0, 0.05) is 0 Å². The van der Waals surface area contributed by atoms with Crippen LogP contribution < -0.4 is 11.5 Å². The van der Waals surface area contributed by atoms with Gasteiger partial charge in [-0.3, -0.25) is 23.0 Å². The van der Waals surface area contributed by atoms with Gasteiger partial charge in [0.25, 0.3) is 0 Å². The van der Waals surface area contributed by atoms with Crippen molar-refractivity contribution in [3.8, 4) is 0 Å². The van der Waals surface area contributed by atoms with Gasteiger partial charge in [-0.2, -0.15) is 0 Å². The second-order valence-electron chi connectivity index (χ2n) is 10.3. The Labute approximate surface area is 261 Å². The van der Waals surface area contributed by atoms with E-state index in [9.17, 15) is 19.7 Å². The number of hydrogen-bond donors (Lipinski definition) is 5. The lowest BCUT2D eigenvalue weighted by atomic mass is 10.1. The summed E-state index contributed by atoms with van der Waals surface area (Å²) in [6.07, 6.45) is -8.36. The van der Waals surface area contributed by atoms with Crippen molar-refractivity contribution in [1.29, 1.82) is 0 Å². The van der Waals surface area contributed by atoms with Crippen LogP contribution in [0.25, 0.3) is 11.2 Å². The molecular formula is C21H24FN9O10P2S2. The Balaban J connectivity index is 1.19. The quantitative estimate of drug-likeness (QED) is 0.213. The highest BCUT2D eigenvalue weighted by Crippen LogP contribution is 2.54. The van der Waals surface area contributed by atoms with Crippen molar-refractivity contribution in [3.05, 3.63) is 24.7 Å². The third kappa shape index (κ3) is 5.63. The van der Waals surface area contributed by atoms with Gasteiger partial charge in [-0.15, -0.1) is 0 Å². The van der Waals surface area contributed by atoms with E-state index in [2.05, 4.69) is 24.9 Å². The number of fused-ring (bicyclic) bond motifs is 5. The highest BCUT2D eigenvalue weighted by Gasteiger charge is 2.53. The number of nitrogens with two attached hydrogens (primary N) is 2. The first-order valence-corrected chi connectivity index (χ1v) is 18.3. The molecule has 7 heterocycles. The number of nitrogen functional groups attached to an aromatic ring is 1. The monoisotopic (exact) mass is 707 g/mol. The lowest BCUT2D eigenvalue weighted by Gasteiger charge is -2.27. The molecule has 7 N–H and O–H groups in total. The first kappa shape index (κ1) is 31.2. The molecule has 3 fully saturated rings. The van der Waals surface area contributed by atoms with E-state index in [1.54, 1.807) is 0 Å². The number of alkyl halides is 1. The van der Waals surface area contributed by atoms with Gasteiger partial charge in [-0.05, 0) is 23.6 Å². The molecule has 0 amide bonds. The van der Waals surface area contributed by atoms with Crippen LogP contribution in [0.5, 0.6) is 0 Å². The number of aliphatic imine (C=N–C) groups is 1. The second-order valence-corrected chi connectivity index (χ2v) is 15.9. The van der Waals surface area contributed by atoms with Crippen LogP contribution in [0.3, 0.4) is 0 Å². The van der Waals surface area contributed by atoms with Crippen LogP contribution in [0.4, 0.5) is 16.0 Å². The number of amidine groups is 1. The first-order chi connectivity index (χ1) is 21.3. The minimum absolute atomic E-state index is 0.000814. The zero-order valence-electron chi connectivity index (χ0n) is 22.5. The van der Waals surface area contributed by atoms with Crippen LogP contribution in [0.2, 0.25) is 0 Å². The zero-order valence-corrected chi connectivity index (χ0v) is 26.0. The molecule has 4 aliphatic heterocycles. The Kier molecular flexibility index (Phi) is 7.88. The molecule has 3 saturated heterocycles. The maximum Gasteiger partial charge on any atom is 0.325 e. The lowest BCUT2D eigenvalue weighted by Crippen LogP contribution is -2.35. The summed E-state index contributed by atoms with van der Waals surface area (Å²) in [7, 11) is 0. The molecule has 0 radical (unpaired) electrons. The highest BCUT2D eigenvalue weighted by atomic mass is 32.5. The molecule has 0 aliphatic carbocycles. The van der Waals surface area contributed by atoms with Crippen molar-refractivity contribution in [1.82, 2.24) is 29.1 Å². The number of Topliss-reactive ketones (excluding diaryl/α,β-unsaturated/α-hetero) is 1. The van der Waals surface area contributed by atoms with E-state index in [0.717, 1.165) is 10.9 Å². The minimum atomic E-state index is -4.26. The summed E-state index contributed by atoms with van der Waals surface area (Å²) in [5.41, 5.74) is 12.1. The number of carbonyl (C=O) groups is 1. The molecule has 0 saturated carbocycles. The van der Waals surface area contributed by atoms with Gasteiger partial charge >= 0.3 is 13.4 Å². The third-order valence-electron chi connectivity index (χ3n) is 7.45. The van der Waals surface area contributed by atoms with Crippen molar-refractivity contribution in [2.75, 3.05) is 18.9 Å². The molecule has 242 valence electrons. The summed E-state index contributed by atoms with van der Waals surface area (Å²) in [6.45, 7) is -9.67. The van der Waals surface area contributed by atoms with Gasteiger partial charge in [0.1, 0.15) is 48.2 Å². The molecule has 0 spiro atoms. The van der Waals surface area contributed by atoms with E-state index >= 15 is 4.39 Å². The molecular weight excluding hydrogens is 683 g/mol. The van der Waals surface area contributed by atoms with Crippen molar-refractivity contribution in [2.24, 2.45) is 10.7 Å². The molecule has 4 aliphatic rings. The molecule has 45 heavy (non-hydrogen) atoms. The van der Waals surface area contributed by atoms with E-state index in [-0.39, 0.29) is 40.7 Å². The molecule has 3 aromatic rings. The smallest absolute Gasteiger partial charge is 0.325 e.